The van der Waals surface area contributed by atoms with E-state index < -0.39 is 23.1 Å². The zero-order chi connectivity index (χ0) is 18.0. The minimum atomic E-state index is -1.21. The lowest BCUT2D eigenvalue weighted by Gasteiger charge is -2.08. The molecule has 0 fully saturated rings. The average Bonchev–Trinajstić information content (AvgIpc) is 3.03. The second-order valence-corrected chi connectivity index (χ2v) is 6.10. The summed E-state index contributed by atoms with van der Waals surface area (Å²) in [5, 5.41) is 1.25. The number of aromatic nitrogens is 2. The minimum Gasteiger partial charge on any atom is -0.482 e. The van der Waals surface area contributed by atoms with E-state index in [1.165, 1.54) is 0 Å². The van der Waals surface area contributed by atoms with E-state index in [-0.39, 0.29) is 12.4 Å². The van der Waals surface area contributed by atoms with Crippen molar-refractivity contribution in [2.45, 2.75) is 6.61 Å². The topological polar surface area (TPSA) is 78.1 Å². The molecule has 0 aliphatic carbocycles. The highest BCUT2D eigenvalue weighted by Gasteiger charge is 2.19. The fourth-order valence-corrected chi connectivity index (χ4v) is 2.83. The van der Waals surface area contributed by atoms with Crippen LogP contribution in [0.1, 0.15) is 16.2 Å². The van der Waals surface area contributed by atoms with Crippen molar-refractivity contribution in [2.75, 3.05) is 0 Å². The molecular formula is C16H10ClF2N3O2S. The summed E-state index contributed by atoms with van der Waals surface area (Å²) in [5.41, 5.74) is 4.95. The van der Waals surface area contributed by atoms with Gasteiger partial charge in [0.05, 0.1) is 0 Å². The number of ether oxygens (including phenoxy) is 1. The summed E-state index contributed by atoms with van der Waals surface area (Å²) in [4.78, 5) is 15.4. The number of carbonyl (C=O) groups excluding carboxylic acids is 1. The van der Waals surface area contributed by atoms with Crippen molar-refractivity contribution in [3.05, 3.63) is 64.4 Å². The number of benzene rings is 2. The van der Waals surface area contributed by atoms with E-state index >= 15 is 0 Å². The molecule has 128 valence electrons. The molecule has 1 aromatic heterocycles. The standard InChI is InChI=1S/C16H10ClF2N3O2S/c17-9-3-1-8(2-4-9)16-21-12(22-25-16)7-24-11-6-5-10(18)13(14(11)19)15(20)23/h1-6H,7H2,(H2,20,23). The lowest BCUT2D eigenvalue weighted by Crippen LogP contribution is -2.16. The molecule has 25 heavy (non-hydrogen) atoms. The fourth-order valence-electron chi connectivity index (χ4n) is 2.04. The second kappa shape index (κ2) is 7.12. The predicted molar refractivity (Wildman–Crippen MR) is 89.6 cm³/mol. The first kappa shape index (κ1) is 17.2. The number of hydrogen-bond donors (Lipinski definition) is 1. The molecule has 0 bridgehead atoms. The molecule has 9 heteroatoms. The van der Waals surface area contributed by atoms with Crippen LogP contribution in [0.15, 0.2) is 36.4 Å². The average molecular weight is 382 g/mol. The van der Waals surface area contributed by atoms with Crippen molar-refractivity contribution in [3.63, 3.8) is 0 Å². The third-order valence-electron chi connectivity index (χ3n) is 3.22. The molecule has 3 aromatic rings. The summed E-state index contributed by atoms with van der Waals surface area (Å²) in [6.45, 7) is -0.148. The number of nitrogens with zero attached hydrogens (tertiary/aromatic N) is 2. The number of halogens is 3. The highest BCUT2D eigenvalue weighted by molar-refractivity contribution is 7.09. The van der Waals surface area contributed by atoms with E-state index in [1.807, 2.05) is 0 Å². The summed E-state index contributed by atoms with van der Waals surface area (Å²) < 4.78 is 36.9. The van der Waals surface area contributed by atoms with Gasteiger partial charge in [0, 0.05) is 10.6 Å². The SMILES string of the molecule is NC(=O)c1c(F)ccc(OCc2nsc(-c3ccc(Cl)cc3)n2)c1F. The summed E-state index contributed by atoms with van der Waals surface area (Å²) in [6.07, 6.45) is 0. The smallest absolute Gasteiger partial charge is 0.254 e. The molecule has 0 aliphatic rings. The van der Waals surface area contributed by atoms with Gasteiger partial charge in [-0.15, -0.1) is 0 Å². The Morgan fingerprint density at radius 3 is 2.60 bits per heavy atom. The second-order valence-electron chi connectivity index (χ2n) is 4.91. The van der Waals surface area contributed by atoms with Gasteiger partial charge in [-0.3, -0.25) is 4.79 Å². The maximum Gasteiger partial charge on any atom is 0.254 e. The highest BCUT2D eigenvalue weighted by Crippen LogP contribution is 2.26. The maximum absolute atomic E-state index is 14.1. The van der Waals surface area contributed by atoms with Gasteiger partial charge >= 0.3 is 0 Å². The summed E-state index contributed by atoms with van der Waals surface area (Å²) in [6, 6.07) is 9.04. The van der Waals surface area contributed by atoms with Gasteiger partial charge in [0.25, 0.3) is 5.91 Å². The molecule has 0 radical (unpaired) electrons. The van der Waals surface area contributed by atoms with Crippen molar-refractivity contribution < 1.29 is 18.3 Å². The minimum absolute atomic E-state index is 0.148. The van der Waals surface area contributed by atoms with Crippen LogP contribution in [0.4, 0.5) is 8.78 Å². The van der Waals surface area contributed by atoms with Gasteiger partial charge in [0.1, 0.15) is 23.0 Å². The Hall–Kier alpha value is -2.58. The molecule has 0 spiro atoms. The first-order valence-electron chi connectivity index (χ1n) is 6.95. The van der Waals surface area contributed by atoms with Crippen molar-refractivity contribution in [1.82, 2.24) is 9.36 Å². The number of amides is 1. The van der Waals surface area contributed by atoms with Crippen LogP contribution in [0, 0.1) is 11.6 Å². The van der Waals surface area contributed by atoms with Gasteiger partial charge < -0.3 is 10.5 Å². The maximum atomic E-state index is 14.1. The molecule has 1 heterocycles. The summed E-state index contributed by atoms with van der Waals surface area (Å²) >= 11 is 6.98. The zero-order valence-electron chi connectivity index (χ0n) is 12.5. The Bertz CT molecular complexity index is 932. The third-order valence-corrected chi connectivity index (χ3v) is 4.27. The predicted octanol–water partition coefficient (Wildman–Crippen LogP) is 3.81. The molecule has 0 saturated carbocycles. The Labute approximate surface area is 150 Å². The van der Waals surface area contributed by atoms with Crippen LogP contribution < -0.4 is 10.5 Å². The molecule has 0 unspecified atom stereocenters. The molecule has 3 rings (SSSR count). The quantitative estimate of drug-likeness (QED) is 0.728. The molecule has 2 aromatic carbocycles. The molecular weight excluding hydrogens is 372 g/mol. The van der Waals surface area contributed by atoms with Crippen molar-refractivity contribution in [3.8, 4) is 16.3 Å². The van der Waals surface area contributed by atoms with Gasteiger partial charge in [-0.2, -0.15) is 4.37 Å². The van der Waals surface area contributed by atoms with Crippen molar-refractivity contribution in [2.24, 2.45) is 5.73 Å². The van der Waals surface area contributed by atoms with Crippen LogP contribution in [-0.2, 0) is 6.61 Å². The number of rotatable bonds is 5. The number of hydrogen-bond acceptors (Lipinski definition) is 5. The van der Waals surface area contributed by atoms with Gasteiger partial charge in [0.2, 0.25) is 0 Å². The number of carbonyl (C=O) groups is 1. The lowest BCUT2D eigenvalue weighted by molar-refractivity contribution is 0.0991. The normalized spacial score (nSPS) is 10.7. The highest BCUT2D eigenvalue weighted by atomic mass is 35.5. The van der Waals surface area contributed by atoms with Crippen LogP contribution in [0.3, 0.4) is 0 Å². The lowest BCUT2D eigenvalue weighted by atomic mass is 10.1. The molecule has 2 N–H and O–H groups in total. The molecule has 1 amide bonds. The first-order chi connectivity index (χ1) is 12.0. The van der Waals surface area contributed by atoms with Gasteiger partial charge in [-0.25, -0.2) is 13.8 Å². The first-order valence-corrected chi connectivity index (χ1v) is 8.10. The van der Waals surface area contributed by atoms with Gasteiger partial charge in [0.15, 0.2) is 17.4 Å². The molecule has 0 saturated heterocycles. The molecule has 5 nitrogen and oxygen atoms in total. The van der Waals surface area contributed by atoms with Crippen LogP contribution in [0.2, 0.25) is 5.02 Å². The Morgan fingerprint density at radius 2 is 1.92 bits per heavy atom. The van der Waals surface area contributed by atoms with Crippen molar-refractivity contribution >= 4 is 29.0 Å². The van der Waals surface area contributed by atoms with Crippen LogP contribution >= 0.6 is 23.1 Å². The van der Waals surface area contributed by atoms with Gasteiger partial charge in [-0.1, -0.05) is 23.7 Å². The monoisotopic (exact) mass is 381 g/mol. The largest absolute Gasteiger partial charge is 0.482 e. The van der Waals surface area contributed by atoms with E-state index in [4.69, 9.17) is 22.1 Å². The van der Waals surface area contributed by atoms with E-state index in [9.17, 15) is 13.6 Å². The molecule has 0 atom stereocenters. The Morgan fingerprint density at radius 1 is 1.20 bits per heavy atom. The summed E-state index contributed by atoms with van der Waals surface area (Å²) in [7, 11) is 0. The van der Waals surface area contributed by atoms with E-state index in [0.29, 0.717) is 15.9 Å². The van der Waals surface area contributed by atoms with Crippen LogP contribution in [-0.4, -0.2) is 15.3 Å². The van der Waals surface area contributed by atoms with E-state index in [0.717, 1.165) is 29.2 Å². The van der Waals surface area contributed by atoms with Crippen LogP contribution in [0.25, 0.3) is 10.6 Å². The zero-order valence-corrected chi connectivity index (χ0v) is 14.1. The Balaban J connectivity index is 1.76. The third kappa shape index (κ3) is 3.75. The fraction of sp³-hybridized carbons (Fsp3) is 0.0625. The summed E-state index contributed by atoms with van der Waals surface area (Å²) in [5.74, 6) is -3.40. The van der Waals surface area contributed by atoms with Gasteiger partial charge in [-0.05, 0) is 35.8 Å². The Kier molecular flexibility index (Phi) is 4.91. The molecule has 0 aliphatic heterocycles. The number of primary amides is 1. The van der Waals surface area contributed by atoms with Crippen molar-refractivity contribution in [1.29, 1.82) is 0 Å². The number of nitrogens with two attached hydrogens (primary N) is 1. The van der Waals surface area contributed by atoms with Crippen LogP contribution in [0.5, 0.6) is 5.75 Å². The van der Waals surface area contributed by atoms with E-state index in [2.05, 4.69) is 9.36 Å². The van der Waals surface area contributed by atoms with E-state index in [1.54, 1.807) is 24.3 Å².